The van der Waals surface area contributed by atoms with E-state index in [1.807, 2.05) is 0 Å². The molecule has 0 spiro atoms. The lowest BCUT2D eigenvalue weighted by Crippen LogP contribution is -2.63. The number of hydrogen-bond acceptors (Lipinski definition) is 9. The molecular weight excluding hydrogens is 522 g/mol. The Kier molecular flexibility index (Phi) is 6.91. The number of aliphatic hydroxyl groups excluding tert-OH is 1. The third-order valence-corrected chi connectivity index (χ3v) is 6.75. The van der Waals surface area contributed by atoms with Crippen LogP contribution in [-0.4, -0.2) is 63.0 Å². The number of aromatic nitrogens is 4. The first kappa shape index (κ1) is 26.4. The molecule has 1 fully saturated rings. The number of aliphatic hydroxyl groups is 1. The van der Waals surface area contributed by atoms with Crippen molar-refractivity contribution in [3.8, 4) is 28.6 Å². The average Bonchev–Trinajstić information content (AvgIpc) is 3.33. The molecule has 0 amide bonds. The molecule has 5 rings (SSSR count). The van der Waals surface area contributed by atoms with Crippen molar-refractivity contribution in [1.82, 2.24) is 19.6 Å². The maximum absolute atomic E-state index is 14.9. The highest BCUT2D eigenvalue weighted by Crippen LogP contribution is 2.39. The van der Waals surface area contributed by atoms with Gasteiger partial charge in [-0.3, -0.25) is 4.98 Å². The predicted octanol–water partition coefficient (Wildman–Crippen LogP) is 3.38. The molecule has 0 radical (unpaired) electrons. The van der Waals surface area contributed by atoms with E-state index in [2.05, 4.69) is 15.1 Å². The largest absolute Gasteiger partial charge is 0.494 e. The van der Waals surface area contributed by atoms with Crippen LogP contribution in [0.3, 0.4) is 0 Å². The first-order valence-corrected chi connectivity index (χ1v) is 11.9. The molecule has 2 atom stereocenters. The minimum Gasteiger partial charge on any atom is -0.494 e. The van der Waals surface area contributed by atoms with Crippen molar-refractivity contribution in [3.63, 3.8) is 0 Å². The van der Waals surface area contributed by atoms with Crippen LogP contribution in [0.4, 0.5) is 29.1 Å². The number of nitrogens with zero attached hydrogens (tertiary/aromatic N) is 5. The molecule has 1 saturated heterocycles. The maximum atomic E-state index is 14.9. The van der Waals surface area contributed by atoms with Crippen molar-refractivity contribution < 1.29 is 32.1 Å². The zero-order valence-electron chi connectivity index (χ0n) is 20.7. The Labute approximate surface area is 219 Å². The van der Waals surface area contributed by atoms with Crippen LogP contribution in [0.5, 0.6) is 17.4 Å². The topological polar surface area (TPSA) is 137 Å². The molecule has 3 aromatic heterocycles. The number of piperidine rings is 1. The van der Waals surface area contributed by atoms with Gasteiger partial charge in [0.1, 0.15) is 23.8 Å². The number of halogens is 4. The van der Waals surface area contributed by atoms with Crippen molar-refractivity contribution >= 4 is 17.0 Å². The number of fused-ring (bicyclic) bond motifs is 1. The predicted molar refractivity (Wildman–Crippen MR) is 134 cm³/mol. The lowest BCUT2D eigenvalue weighted by Gasteiger charge is -2.43. The summed E-state index contributed by atoms with van der Waals surface area (Å²) in [7, 11) is 1.22. The summed E-state index contributed by atoms with van der Waals surface area (Å²) in [6, 6.07) is 6.46. The number of methoxy groups -OCH3 is 1. The number of nitrogen functional groups attached to an aromatic ring is 1. The van der Waals surface area contributed by atoms with Crippen LogP contribution in [0.25, 0.3) is 16.8 Å². The molecule has 14 heteroatoms. The van der Waals surface area contributed by atoms with Crippen molar-refractivity contribution in [1.29, 1.82) is 0 Å². The molecule has 5 N–H and O–H groups in total. The maximum Gasteiger partial charge on any atom is 0.265 e. The molecule has 0 unspecified atom stereocenters. The Bertz CT molecular complexity index is 1520. The van der Waals surface area contributed by atoms with Crippen LogP contribution < -0.4 is 25.8 Å². The fourth-order valence-corrected chi connectivity index (χ4v) is 4.71. The number of rotatable bonds is 7. The summed E-state index contributed by atoms with van der Waals surface area (Å²) < 4.78 is 68.5. The van der Waals surface area contributed by atoms with E-state index < -0.39 is 29.7 Å². The van der Waals surface area contributed by atoms with E-state index in [1.54, 1.807) is 17.0 Å². The van der Waals surface area contributed by atoms with Gasteiger partial charge in [-0.15, -0.1) is 0 Å². The first-order valence-electron chi connectivity index (χ1n) is 11.9. The number of nitrogens with two attached hydrogens (primary N) is 2. The van der Waals surface area contributed by atoms with E-state index in [1.165, 1.54) is 30.2 Å². The van der Waals surface area contributed by atoms with E-state index in [9.17, 15) is 22.7 Å². The van der Waals surface area contributed by atoms with E-state index in [0.717, 1.165) is 12.1 Å². The number of benzene rings is 1. The molecule has 1 aliphatic heterocycles. The zero-order valence-corrected chi connectivity index (χ0v) is 20.7. The molecule has 1 aliphatic rings. The standard InChI is InChI=1S/C25H25F4N7O3/c1-38-19-8-14(26)13(7-15(19)27)16-9-20(39-21-4-3-17-24(30)33-12-34-36(17)21)18(10-32-16)35-6-2-5-25(31,11-35)22(37)23(28)29/h3-4,7-10,12,22-23,37H,2,5-6,11,31H2,1H3,(H2,30,33,34)/t22-,25-/m1/s1. The van der Waals surface area contributed by atoms with Gasteiger partial charge in [-0.1, -0.05) is 0 Å². The lowest BCUT2D eigenvalue weighted by molar-refractivity contribution is -0.0529. The molecule has 0 bridgehead atoms. The Morgan fingerprint density at radius 3 is 2.64 bits per heavy atom. The molecule has 10 nitrogen and oxygen atoms in total. The summed E-state index contributed by atoms with van der Waals surface area (Å²) in [6.45, 7) is 0.257. The van der Waals surface area contributed by atoms with E-state index in [4.69, 9.17) is 20.9 Å². The van der Waals surface area contributed by atoms with Crippen LogP contribution in [-0.2, 0) is 0 Å². The van der Waals surface area contributed by atoms with Crippen molar-refractivity contribution in [2.75, 3.05) is 30.8 Å². The number of anilines is 2. The smallest absolute Gasteiger partial charge is 0.265 e. The summed E-state index contributed by atoms with van der Waals surface area (Å²) in [5.41, 5.74) is 11.2. The molecule has 4 aromatic rings. The fourth-order valence-electron chi connectivity index (χ4n) is 4.71. The van der Waals surface area contributed by atoms with E-state index in [-0.39, 0.29) is 47.4 Å². The van der Waals surface area contributed by atoms with Crippen LogP contribution in [0.15, 0.2) is 42.9 Å². The third-order valence-electron chi connectivity index (χ3n) is 6.75. The number of alkyl halides is 2. The zero-order chi connectivity index (χ0) is 27.9. The SMILES string of the molecule is COc1cc(F)c(-c2cc(Oc3ccc4c(N)ncnn34)c(N3CCC[C@](N)([C@H](O)C(F)F)C3)cn2)cc1F. The number of hydrogen-bond donors (Lipinski definition) is 3. The Morgan fingerprint density at radius 1 is 1.10 bits per heavy atom. The van der Waals surface area contributed by atoms with Gasteiger partial charge < -0.3 is 30.9 Å². The highest BCUT2D eigenvalue weighted by molar-refractivity contribution is 5.70. The van der Waals surface area contributed by atoms with E-state index >= 15 is 0 Å². The van der Waals surface area contributed by atoms with Gasteiger partial charge >= 0.3 is 0 Å². The van der Waals surface area contributed by atoms with Crippen molar-refractivity contribution in [2.24, 2.45) is 5.73 Å². The van der Waals surface area contributed by atoms with Crippen LogP contribution in [0.1, 0.15) is 12.8 Å². The number of ether oxygens (including phenoxy) is 2. The van der Waals surface area contributed by atoms with Gasteiger partial charge in [-0.05, 0) is 25.0 Å². The second kappa shape index (κ2) is 10.2. The second-order valence-corrected chi connectivity index (χ2v) is 9.26. The average molecular weight is 548 g/mol. The van der Waals surface area contributed by atoms with Crippen molar-refractivity contribution in [2.45, 2.75) is 30.9 Å². The molecule has 4 heterocycles. The highest BCUT2D eigenvalue weighted by Gasteiger charge is 2.43. The van der Waals surface area contributed by atoms with E-state index in [0.29, 0.717) is 24.2 Å². The molecule has 39 heavy (non-hydrogen) atoms. The monoisotopic (exact) mass is 547 g/mol. The summed E-state index contributed by atoms with van der Waals surface area (Å²) >= 11 is 0. The van der Waals surface area contributed by atoms with Crippen LogP contribution >= 0.6 is 0 Å². The van der Waals surface area contributed by atoms with Crippen LogP contribution in [0, 0.1) is 11.6 Å². The minimum atomic E-state index is -3.03. The van der Waals surface area contributed by atoms with Gasteiger partial charge in [-0.2, -0.15) is 9.61 Å². The Hall–Kier alpha value is -4.17. The van der Waals surface area contributed by atoms with Gasteiger partial charge in [-0.25, -0.2) is 22.5 Å². The van der Waals surface area contributed by atoms with Crippen LogP contribution in [0.2, 0.25) is 0 Å². The fraction of sp³-hybridized carbons (Fsp3) is 0.320. The Balaban J connectivity index is 1.60. The lowest BCUT2D eigenvalue weighted by atomic mass is 9.84. The molecule has 0 aliphatic carbocycles. The summed E-state index contributed by atoms with van der Waals surface area (Å²) in [6.07, 6.45) is -1.92. The minimum absolute atomic E-state index is 0.0337. The van der Waals surface area contributed by atoms with Crippen molar-refractivity contribution in [3.05, 3.63) is 54.5 Å². The molecular formula is C25H25F4N7O3. The highest BCUT2D eigenvalue weighted by atomic mass is 19.3. The number of pyridine rings is 1. The molecule has 206 valence electrons. The van der Waals surface area contributed by atoms with Gasteiger partial charge in [0.05, 0.1) is 30.2 Å². The first-order chi connectivity index (χ1) is 18.6. The molecule has 0 saturated carbocycles. The summed E-state index contributed by atoms with van der Waals surface area (Å²) in [5.74, 6) is -1.31. The summed E-state index contributed by atoms with van der Waals surface area (Å²) in [4.78, 5) is 9.90. The van der Waals surface area contributed by atoms with Gasteiger partial charge in [0.2, 0.25) is 5.88 Å². The summed E-state index contributed by atoms with van der Waals surface area (Å²) in [5, 5.41) is 14.3. The van der Waals surface area contributed by atoms with Gasteiger partial charge in [0, 0.05) is 36.9 Å². The van der Waals surface area contributed by atoms with Gasteiger partial charge in [0.25, 0.3) is 6.43 Å². The molecule has 1 aromatic carbocycles. The third kappa shape index (κ3) is 4.88. The Morgan fingerprint density at radius 2 is 1.90 bits per heavy atom. The van der Waals surface area contributed by atoms with Gasteiger partial charge in [0.15, 0.2) is 23.1 Å². The normalized spacial score (nSPS) is 18.5. The second-order valence-electron chi connectivity index (χ2n) is 9.26. The quantitative estimate of drug-likeness (QED) is 0.298.